The largest absolute Gasteiger partial charge is 0.354 e. The van der Waals surface area contributed by atoms with E-state index in [1.165, 1.54) is 0 Å². The van der Waals surface area contributed by atoms with E-state index in [-0.39, 0.29) is 0 Å². The number of hydrazine groups is 1. The number of hydrogen-bond acceptors (Lipinski definition) is 6. The van der Waals surface area contributed by atoms with Gasteiger partial charge < -0.3 is 10.3 Å². The molecule has 0 amide bonds. The fourth-order valence-corrected chi connectivity index (χ4v) is 2.12. The summed E-state index contributed by atoms with van der Waals surface area (Å²) in [5.74, 6) is 6.86. The molecule has 3 N–H and O–H groups in total. The Bertz CT molecular complexity index is 496. The molecule has 0 aliphatic heterocycles. The molecule has 0 saturated carbocycles. The Labute approximate surface area is 104 Å². The Morgan fingerprint density at radius 1 is 1.41 bits per heavy atom. The zero-order valence-corrected chi connectivity index (χ0v) is 10.7. The van der Waals surface area contributed by atoms with E-state index >= 15 is 0 Å². The predicted molar refractivity (Wildman–Crippen MR) is 71.0 cm³/mol. The number of nitrogen functional groups attached to an aromatic ring is 1. The summed E-state index contributed by atoms with van der Waals surface area (Å²) >= 11 is 1.66. The van der Waals surface area contributed by atoms with Crippen molar-refractivity contribution in [1.82, 2.24) is 9.97 Å². The van der Waals surface area contributed by atoms with Crippen molar-refractivity contribution in [3.8, 4) is 0 Å². The molecule has 0 fully saturated rings. The van der Waals surface area contributed by atoms with Gasteiger partial charge in [0.25, 0.3) is 0 Å². The minimum atomic E-state index is 0.656. The Hall–Kier alpha value is -1.66. The van der Waals surface area contributed by atoms with E-state index in [1.807, 2.05) is 37.1 Å². The van der Waals surface area contributed by atoms with Crippen molar-refractivity contribution >= 4 is 23.0 Å². The molecular formula is C11H15N5S. The van der Waals surface area contributed by atoms with Crippen molar-refractivity contribution in [3.63, 3.8) is 0 Å². The molecule has 2 aromatic rings. The van der Waals surface area contributed by atoms with Crippen molar-refractivity contribution in [1.29, 1.82) is 0 Å². The first-order valence-corrected chi connectivity index (χ1v) is 6.13. The van der Waals surface area contributed by atoms with Crippen LogP contribution in [-0.4, -0.2) is 17.0 Å². The molecule has 2 heterocycles. The first-order valence-electron chi connectivity index (χ1n) is 5.25. The van der Waals surface area contributed by atoms with Gasteiger partial charge in [0.05, 0.1) is 17.2 Å². The molecule has 0 atom stereocenters. The summed E-state index contributed by atoms with van der Waals surface area (Å²) in [4.78, 5) is 10.8. The number of nitrogens with two attached hydrogens (primary N) is 1. The van der Waals surface area contributed by atoms with Gasteiger partial charge in [0, 0.05) is 12.4 Å². The van der Waals surface area contributed by atoms with Gasteiger partial charge in [-0.25, -0.2) is 15.8 Å². The second-order valence-corrected chi connectivity index (χ2v) is 4.80. The lowest BCUT2D eigenvalue weighted by atomic mass is 10.4. The van der Waals surface area contributed by atoms with E-state index in [2.05, 4.69) is 20.8 Å². The highest BCUT2D eigenvalue weighted by Crippen LogP contribution is 2.16. The standard InChI is InChI=1S/C11H15N5S/c1-8-13-9(7-17-8)6-16(2)11-5-3-4-10(14-11)15-12/h3-5,7H,6,12H2,1-2H3,(H,14,15). The normalized spacial score (nSPS) is 10.3. The topological polar surface area (TPSA) is 67.1 Å². The number of nitrogens with zero attached hydrogens (tertiary/aromatic N) is 3. The zero-order valence-electron chi connectivity index (χ0n) is 9.84. The van der Waals surface area contributed by atoms with Gasteiger partial charge in [-0.3, -0.25) is 0 Å². The molecule has 17 heavy (non-hydrogen) atoms. The highest BCUT2D eigenvalue weighted by molar-refractivity contribution is 7.09. The summed E-state index contributed by atoms with van der Waals surface area (Å²) in [6, 6.07) is 5.69. The third-order valence-electron chi connectivity index (χ3n) is 2.34. The molecule has 90 valence electrons. The summed E-state index contributed by atoms with van der Waals surface area (Å²) in [5, 5.41) is 3.15. The van der Waals surface area contributed by atoms with Crippen LogP contribution < -0.4 is 16.2 Å². The Balaban J connectivity index is 2.11. The molecular weight excluding hydrogens is 234 g/mol. The highest BCUT2D eigenvalue weighted by Gasteiger charge is 2.06. The number of anilines is 2. The minimum absolute atomic E-state index is 0.656. The second-order valence-electron chi connectivity index (χ2n) is 3.74. The number of pyridine rings is 1. The van der Waals surface area contributed by atoms with E-state index in [1.54, 1.807) is 11.3 Å². The van der Waals surface area contributed by atoms with E-state index < -0.39 is 0 Å². The van der Waals surface area contributed by atoms with E-state index in [9.17, 15) is 0 Å². The summed E-state index contributed by atoms with van der Waals surface area (Å²) < 4.78 is 0. The summed E-state index contributed by atoms with van der Waals surface area (Å²) in [7, 11) is 1.98. The van der Waals surface area contributed by atoms with E-state index in [4.69, 9.17) is 5.84 Å². The van der Waals surface area contributed by atoms with Gasteiger partial charge in [0.1, 0.15) is 11.6 Å². The molecule has 5 nitrogen and oxygen atoms in total. The summed E-state index contributed by atoms with van der Waals surface area (Å²) in [6.07, 6.45) is 0. The van der Waals surface area contributed by atoms with Crippen LogP contribution in [-0.2, 0) is 6.54 Å². The molecule has 2 rings (SSSR count). The third-order valence-corrected chi connectivity index (χ3v) is 3.16. The zero-order chi connectivity index (χ0) is 12.3. The van der Waals surface area contributed by atoms with Crippen molar-refractivity contribution < 1.29 is 0 Å². The predicted octanol–water partition coefficient (Wildman–Crippen LogP) is 1.77. The second kappa shape index (κ2) is 5.11. The van der Waals surface area contributed by atoms with E-state index in [0.29, 0.717) is 5.82 Å². The van der Waals surface area contributed by atoms with Crippen LogP contribution in [0.4, 0.5) is 11.6 Å². The van der Waals surface area contributed by atoms with Crippen molar-refractivity contribution in [2.75, 3.05) is 17.4 Å². The lowest BCUT2D eigenvalue weighted by Crippen LogP contribution is -2.19. The number of nitrogens with one attached hydrogen (secondary N) is 1. The number of thiazole rings is 1. The van der Waals surface area contributed by atoms with Crippen LogP contribution in [0.2, 0.25) is 0 Å². The molecule has 6 heteroatoms. The average Bonchev–Trinajstić information content (AvgIpc) is 2.75. The molecule has 0 aromatic carbocycles. The van der Waals surface area contributed by atoms with Crippen LogP contribution in [0.25, 0.3) is 0 Å². The number of aromatic nitrogens is 2. The van der Waals surface area contributed by atoms with Gasteiger partial charge in [-0.15, -0.1) is 11.3 Å². The van der Waals surface area contributed by atoms with Gasteiger partial charge in [0.2, 0.25) is 0 Å². The first-order chi connectivity index (χ1) is 8.19. The monoisotopic (exact) mass is 249 g/mol. The van der Waals surface area contributed by atoms with Crippen LogP contribution >= 0.6 is 11.3 Å². The maximum Gasteiger partial charge on any atom is 0.142 e. The smallest absolute Gasteiger partial charge is 0.142 e. The van der Waals surface area contributed by atoms with Crippen molar-refractivity contribution in [2.24, 2.45) is 5.84 Å². The van der Waals surface area contributed by atoms with Crippen molar-refractivity contribution in [3.05, 3.63) is 34.3 Å². The lowest BCUT2D eigenvalue weighted by Gasteiger charge is -2.17. The fraction of sp³-hybridized carbons (Fsp3) is 0.273. The SMILES string of the molecule is Cc1nc(CN(C)c2cccc(NN)n2)cs1. The third kappa shape index (κ3) is 2.92. The number of aryl methyl sites for hydroxylation is 1. The lowest BCUT2D eigenvalue weighted by molar-refractivity contribution is 0.870. The van der Waals surface area contributed by atoms with Crippen LogP contribution in [0, 0.1) is 6.92 Å². The molecule has 2 aromatic heterocycles. The van der Waals surface area contributed by atoms with Gasteiger partial charge in [-0.05, 0) is 19.1 Å². The Morgan fingerprint density at radius 3 is 2.88 bits per heavy atom. The summed E-state index contributed by atoms with van der Waals surface area (Å²) in [6.45, 7) is 2.75. The number of hydrogen-bond donors (Lipinski definition) is 2. The van der Waals surface area contributed by atoms with Crippen molar-refractivity contribution in [2.45, 2.75) is 13.5 Å². The molecule has 0 saturated heterocycles. The van der Waals surface area contributed by atoms with Gasteiger partial charge in [0.15, 0.2) is 0 Å². The maximum atomic E-state index is 5.33. The summed E-state index contributed by atoms with van der Waals surface area (Å²) in [5.41, 5.74) is 3.60. The highest BCUT2D eigenvalue weighted by atomic mass is 32.1. The molecule has 0 radical (unpaired) electrons. The Kier molecular flexibility index (Phi) is 3.55. The van der Waals surface area contributed by atoms with Crippen LogP contribution in [0.1, 0.15) is 10.7 Å². The van der Waals surface area contributed by atoms with Gasteiger partial charge in [-0.2, -0.15) is 0 Å². The average molecular weight is 249 g/mol. The fourth-order valence-electron chi connectivity index (χ4n) is 1.52. The van der Waals surface area contributed by atoms with Gasteiger partial charge >= 0.3 is 0 Å². The molecule has 0 bridgehead atoms. The number of rotatable bonds is 4. The van der Waals surface area contributed by atoms with Gasteiger partial charge in [-0.1, -0.05) is 6.07 Å². The molecule has 0 aliphatic rings. The van der Waals surface area contributed by atoms with Crippen LogP contribution in [0.15, 0.2) is 23.6 Å². The quantitative estimate of drug-likeness (QED) is 0.638. The van der Waals surface area contributed by atoms with Crippen LogP contribution in [0.3, 0.4) is 0 Å². The molecule has 0 aliphatic carbocycles. The maximum absolute atomic E-state index is 5.33. The minimum Gasteiger partial charge on any atom is -0.354 e. The molecule has 0 spiro atoms. The molecule has 0 unspecified atom stereocenters. The van der Waals surface area contributed by atoms with Crippen LogP contribution in [0.5, 0.6) is 0 Å². The first kappa shape index (κ1) is 11.8. The Morgan fingerprint density at radius 2 is 2.24 bits per heavy atom. The van der Waals surface area contributed by atoms with E-state index in [0.717, 1.165) is 23.1 Å².